The third kappa shape index (κ3) is 3.65. The summed E-state index contributed by atoms with van der Waals surface area (Å²) in [6.07, 6.45) is -0.465. The van der Waals surface area contributed by atoms with E-state index >= 15 is 0 Å². The number of hydrogen-bond donors (Lipinski definition) is 0. The van der Waals surface area contributed by atoms with Crippen LogP contribution in [0.1, 0.15) is 31.0 Å². The SMILES string of the molecule is C[C@@H]1C(=O)N([C@@H](C)c2ccccc2)CN1C(=O)OCc1ccccc1. The molecule has 5 heteroatoms. The van der Waals surface area contributed by atoms with Crippen molar-refractivity contribution in [2.45, 2.75) is 32.5 Å². The molecule has 0 saturated carbocycles. The van der Waals surface area contributed by atoms with Crippen LogP contribution in [0.5, 0.6) is 0 Å². The number of carbonyl (C=O) groups excluding carboxylic acids is 2. The van der Waals surface area contributed by atoms with Gasteiger partial charge in [0.25, 0.3) is 0 Å². The van der Waals surface area contributed by atoms with Crippen molar-refractivity contribution < 1.29 is 14.3 Å². The van der Waals surface area contributed by atoms with Crippen LogP contribution >= 0.6 is 0 Å². The normalized spacial score (nSPS) is 18.3. The summed E-state index contributed by atoms with van der Waals surface area (Å²) in [6.45, 7) is 4.15. The molecule has 0 radical (unpaired) electrons. The monoisotopic (exact) mass is 338 g/mol. The maximum Gasteiger partial charge on any atom is 0.412 e. The molecule has 2 aromatic rings. The van der Waals surface area contributed by atoms with E-state index in [0.29, 0.717) is 0 Å². The van der Waals surface area contributed by atoms with E-state index in [1.165, 1.54) is 4.90 Å². The van der Waals surface area contributed by atoms with Gasteiger partial charge in [0.05, 0.1) is 6.04 Å². The molecule has 130 valence electrons. The molecule has 1 aliphatic rings. The zero-order chi connectivity index (χ0) is 17.8. The van der Waals surface area contributed by atoms with Crippen LogP contribution in [-0.4, -0.2) is 34.5 Å². The molecule has 1 aliphatic heterocycles. The molecule has 0 spiro atoms. The van der Waals surface area contributed by atoms with Crippen LogP contribution in [0.3, 0.4) is 0 Å². The van der Waals surface area contributed by atoms with Crippen molar-refractivity contribution in [3.63, 3.8) is 0 Å². The molecule has 1 fully saturated rings. The Labute approximate surface area is 147 Å². The molecule has 0 unspecified atom stereocenters. The Morgan fingerprint density at radius 2 is 1.72 bits per heavy atom. The summed E-state index contributed by atoms with van der Waals surface area (Å²) in [5.41, 5.74) is 1.96. The predicted octanol–water partition coefficient (Wildman–Crippen LogP) is 3.57. The van der Waals surface area contributed by atoms with Gasteiger partial charge in [-0.1, -0.05) is 60.7 Å². The standard InChI is InChI=1S/C20H22N2O3/c1-15(18-11-7-4-8-12-18)21-14-22(16(2)19(21)23)20(24)25-13-17-9-5-3-6-10-17/h3-12,15-16H,13-14H2,1-2H3/t15-,16+/m0/s1. The number of ether oxygens (including phenoxy) is 1. The van der Waals surface area contributed by atoms with Crippen molar-refractivity contribution in [1.29, 1.82) is 0 Å². The van der Waals surface area contributed by atoms with Gasteiger partial charge in [0.15, 0.2) is 0 Å². The zero-order valence-electron chi connectivity index (χ0n) is 14.5. The molecule has 25 heavy (non-hydrogen) atoms. The summed E-state index contributed by atoms with van der Waals surface area (Å²) in [5, 5.41) is 0. The minimum Gasteiger partial charge on any atom is -0.444 e. The lowest BCUT2D eigenvalue weighted by Crippen LogP contribution is -2.36. The maximum atomic E-state index is 12.6. The van der Waals surface area contributed by atoms with E-state index in [4.69, 9.17) is 4.74 Å². The van der Waals surface area contributed by atoms with Crippen LogP contribution in [0, 0.1) is 0 Å². The summed E-state index contributed by atoms with van der Waals surface area (Å²) in [5.74, 6) is -0.0620. The second-order valence-corrected chi connectivity index (χ2v) is 6.22. The molecule has 0 aromatic heterocycles. The molecular formula is C20H22N2O3. The van der Waals surface area contributed by atoms with Gasteiger partial charge in [-0.15, -0.1) is 0 Å². The quantitative estimate of drug-likeness (QED) is 0.856. The average molecular weight is 338 g/mol. The first-order valence-electron chi connectivity index (χ1n) is 8.40. The van der Waals surface area contributed by atoms with Gasteiger partial charge >= 0.3 is 6.09 Å². The molecule has 3 rings (SSSR count). The fraction of sp³-hybridized carbons (Fsp3) is 0.300. The van der Waals surface area contributed by atoms with Crippen molar-refractivity contribution in [2.24, 2.45) is 0 Å². The Morgan fingerprint density at radius 3 is 2.36 bits per heavy atom. The number of benzene rings is 2. The predicted molar refractivity (Wildman–Crippen MR) is 94.5 cm³/mol. The number of rotatable bonds is 4. The molecule has 0 N–H and O–H groups in total. The molecule has 1 heterocycles. The van der Waals surface area contributed by atoms with Crippen molar-refractivity contribution in [1.82, 2.24) is 9.80 Å². The Kier molecular flexibility index (Phi) is 5.03. The van der Waals surface area contributed by atoms with E-state index in [2.05, 4.69) is 0 Å². The lowest BCUT2D eigenvalue weighted by atomic mass is 10.1. The third-order valence-corrected chi connectivity index (χ3v) is 4.60. The van der Waals surface area contributed by atoms with Crippen LogP contribution in [0.15, 0.2) is 60.7 Å². The first kappa shape index (κ1) is 17.0. The van der Waals surface area contributed by atoms with E-state index in [1.807, 2.05) is 67.6 Å². The number of nitrogens with zero attached hydrogens (tertiary/aromatic N) is 2. The van der Waals surface area contributed by atoms with Gasteiger partial charge in [-0.05, 0) is 25.0 Å². The molecule has 2 atom stereocenters. The highest BCUT2D eigenvalue weighted by Crippen LogP contribution is 2.27. The van der Waals surface area contributed by atoms with Gasteiger partial charge < -0.3 is 9.64 Å². The first-order valence-corrected chi connectivity index (χ1v) is 8.40. The van der Waals surface area contributed by atoms with Gasteiger partial charge in [0.1, 0.15) is 19.3 Å². The number of amides is 2. The zero-order valence-corrected chi connectivity index (χ0v) is 14.5. The van der Waals surface area contributed by atoms with Crippen molar-refractivity contribution in [2.75, 3.05) is 6.67 Å². The average Bonchev–Trinajstić information content (AvgIpc) is 2.96. The molecule has 5 nitrogen and oxygen atoms in total. The molecular weight excluding hydrogens is 316 g/mol. The second-order valence-electron chi connectivity index (χ2n) is 6.22. The maximum absolute atomic E-state index is 12.6. The fourth-order valence-electron chi connectivity index (χ4n) is 2.97. The number of carbonyl (C=O) groups is 2. The molecule has 2 aromatic carbocycles. The van der Waals surface area contributed by atoms with E-state index in [0.717, 1.165) is 11.1 Å². The van der Waals surface area contributed by atoms with Crippen LogP contribution in [0.4, 0.5) is 4.79 Å². The summed E-state index contributed by atoms with van der Waals surface area (Å²) in [4.78, 5) is 28.2. The Morgan fingerprint density at radius 1 is 1.12 bits per heavy atom. The largest absolute Gasteiger partial charge is 0.444 e. The fourth-order valence-corrected chi connectivity index (χ4v) is 2.97. The van der Waals surface area contributed by atoms with E-state index in [1.54, 1.807) is 11.8 Å². The van der Waals surface area contributed by atoms with Crippen LogP contribution in [0.2, 0.25) is 0 Å². The number of hydrogen-bond acceptors (Lipinski definition) is 3. The molecule has 2 amide bonds. The molecule has 0 aliphatic carbocycles. The highest BCUT2D eigenvalue weighted by atomic mass is 16.6. The summed E-state index contributed by atoms with van der Waals surface area (Å²) in [6, 6.07) is 18.7. The minimum absolute atomic E-state index is 0.0620. The Balaban J connectivity index is 1.65. The van der Waals surface area contributed by atoms with Crippen LogP contribution < -0.4 is 0 Å². The summed E-state index contributed by atoms with van der Waals surface area (Å²) < 4.78 is 5.37. The van der Waals surface area contributed by atoms with Crippen LogP contribution in [-0.2, 0) is 16.1 Å². The van der Waals surface area contributed by atoms with Crippen molar-refractivity contribution >= 4 is 12.0 Å². The minimum atomic E-state index is -0.519. The van der Waals surface area contributed by atoms with E-state index in [9.17, 15) is 9.59 Å². The smallest absolute Gasteiger partial charge is 0.412 e. The molecule has 1 saturated heterocycles. The molecule has 0 bridgehead atoms. The van der Waals surface area contributed by atoms with Gasteiger partial charge in [-0.3, -0.25) is 9.69 Å². The summed E-state index contributed by atoms with van der Waals surface area (Å²) >= 11 is 0. The third-order valence-electron chi connectivity index (χ3n) is 4.60. The lowest BCUT2D eigenvalue weighted by Gasteiger charge is -2.25. The van der Waals surface area contributed by atoms with Gasteiger partial charge in [-0.2, -0.15) is 0 Å². The topological polar surface area (TPSA) is 49.9 Å². The van der Waals surface area contributed by atoms with E-state index in [-0.39, 0.29) is 25.2 Å². The van der Waals surface area contributed by atoms with E-state index < -0.39 is 12.1 Å². The van der Waals surface area contributed by atoms with Gasteiger partial charge in [0.2, 0.25) is 5.91 Å². The first-order chi connectivity index (χ1) is 12.1. The Hall–Kier alpha value is -2.82. The van der Waals surface area contributed by atoms with Crippen molar-refractivity contribution in [3.8, 4) is 0 Å². The van der Waals surface area contributed by atoms with Gasteiger partial charge in [0, 0.05) is 0 Å². The van der Waals surface area contributed by atoms with Crippen LogP contribution in [0.25, 0.3) is 0 Å². The van der Waals surface area contributed by atoms with Crippen molar-refractivity contribution in [3.05, 3.63) is 71.8 Å². The highest BCUT2D eigenvalue weighted by Gasteiger charge is 2.41. The Bertz CT molecular complexity index is 733. The lowest BCUT2D eigenvalue weighted by molar-refractivity contribution is -0.130. The second kappa shape index (κ2) is 7.38. The highest BCUT2D eigenvalue weighted by molar-refractivity contribution is 5.88. The summed E-state index contributed by atoms with van der Waals surface area (Å²) in [7, 11) is 0. The van der Waals surface area contributed by atoms with Gasteiger partial charge in [-0.25, -0.2) is 4.79 Å².